The van der Waals surface area contributed by atoms with Crippen LogP contribution in [-0.2, 0) is 14.3 Å². The summed E-state index contributed by atoms with van der Waals surface area (Å²) < 4.78 is 20.0. The number of nitrogens with zero attached hydrogens (tertiary/aromatic N) is 1. The Labute approximate surface area is 208 Å². The minimum atomic E-state index is -2.19. The molecule has 35 heavy (non-hydrogen) atoms. The number of amides is 2. The molecule has 2 fully saturated rings. The second kappa shape index (κ2) is 7.55. The highest BCUT2D eigenvalue weighted by Crippen LogP contribution is 2.57. The second-order valence-electron chi connectivity index (χ2n) is 8.64. The predicted molar refractivity (Wildman–Crippen MR) is 124 cm³/mol. The van der Waals surface area contributed by atoms with Crippen LogP contribution in [0.25, 0.3) is 0 Å². The van der Waals surface area contributed by atoms with E-state index >= 15 is 0 Å². The summed E-state index contributed by atoms with van der Waals surface area (Å²) in [5.74, 6) is -6.08. The Balaban J connectivity index is 1.54. The molecule has 0 unspecified atom stereocenters. The third-order valence-corrected chi connectivity index (χ3v) is 7.42. The van der Waals surface area contributed by atoms with Crippen LogP contribution in [-0.4, -0.2) is 29.0 Å². The maximum absolute atomic E-state index is 13.8. The highest BCUT2D eigenvalue weighted by atomic mass is 35.5. The Morgan fingerprint density at radius 1 is 0.829 bits per heavy atom. The summed E-state index contributed by atoms with van der Waals surface area (Å²) in [5.41, 5.74) is -1.39. The van der Waals surface area contributed by atoms with Crippen molar-refractivity contribution in [2.24, 2.45) is 11.8 Å². The molecule has 0 radical (unpaired) electrons. The van der Waals surface area contributed by atoms with Crippen LogP contribution in [0.3, 0.4) is 0 Å². The number of halogens is 3. The van der Waals surface area contributed by atoms with Crippen LogP contribution < -0.4 is 4.90 Å². The molecule has 2 saturated heterocycles. The maximum Gasteiger partial charge on any atom is 0.241 e. The van der Waals surface area contributed by atoms with Gasteiger partial charge >= 0.3 is 0 Å². The summed E-state index contributed by atoms with van der Waals surface area (Å²) in [6.45, 7) is 0. The smallest absolute Gasteiger partial charge is 0.241 e. The zero-order valence-electron chi connectivity index (χ0n) is 17.7. The number of Topliss-reactive ketones (excluding diaryl/α,β-unsaturated/α-hetero) is 2. The van der Waals surface area contributed by atoms with Gasteiger partial charge in [-0.1, -0.05) is 59.6 Å². The van der Waals surface area contributed by atoms with Crippen LogP contribution in [0.4, 0.5) is 10.1 Å². The number of carbonyl (C=O) groups excluding carboxylic acids is 4. The van der Waals surface area contributed by atoms with E-state index < -0.39 is 52.7 Å². The van der Waals surface area contributed by atoms with Crippen LogP contribution >= 0.6 is 23.2 Å². The van der Waals surface area contributed by atoms with Gasteiger partial charge in [-0.05, 0) is 35.9 Å². The molecule has 6 rings (SSSR count). The molecule has 3 atom stereocenters. The first kappa shape index (κ1) is 22.1. The third-order valence-electron chi connectivity index (χ3n) is 6.88. The van der Waals surface area contributed by atoms with Gasteiger partial charge in [0.25, 0.3) is 0 Å². The first-order valence-electron chi connectivity index (χ1n) is 10.7. The molecule has 3 aliphatic rings. The van der Waals surface area contributed by atoms with E-state index in [-0.39, 0.29) is 21.8 Å². The Morgan fingerprint density at radius 3 is 2.06 bits per heavy atom. The van der Waals surface area contributed by atoms with Crippen molar-refractivity contribution in [1.29, 1.82) is 0 Å². The van der Waals surface area contributed by atoms with Crippen molar-refractivity contribution in [3.63, 3.8) is 0 Å². The van der Waals surface area contributed by atoms with Crippen LogP contribution in [0.1, 0.15) is 32.4 Å². The van der Waals surface area contributed by atoms with Gasteiger partial charge in [-0.2, -0.15) is 0 Å². The van der Waals surface area contributed by atoms with Gasteiger partial charge in [0.2, 0.25) is 29.0 Å². The third kappa shape index (κ3) is 2.86. The minimum Gasteiger partial charge on any atom is -0.349 e. The van der Waals surface area contributed by atoms with E-state index in [9.17, 15) is 23.6 Å². The number of benzene rings is 3. The van der Waals surface area contributed by atoms with Crippen molar-refractivity contribution in [1.82, 2.24) is 0 Å². The molecule has 3 aromatic carbocycles. The first-order valence-corrected chi connectivity index (χ1v) is 11.5. The van der Waals surface area contributed by atoms with Gasteiger partial charge in [-0.3, -0.25) is 19.2 Å². The van der Waals surface area contributed by atoms with Gasteiger partial charge < -0.3 is 4.74 Å². The fraction of sp³-hybridized carbons (Fsp3) is 0.154. The normalized spacial score (nSPS) is 24.4. The fourth-order valence-electron chi connectivity index (χ4n) is 5.35. The fourth-order valence-corrected chi connectivity index (χ4v) is 5.65. The number of carbonyl (C=O) groups is 4. The molecule has 0 saturated carbocycles. The molecule has 0 bridgehead atoms. The van der Waals surface area contributed by atoms with Crippen LogP contribution in [0, 0.1) is 17.7 Å². The van der Waals surface area contributed by atoms with Gasteiger partial charge in [-0.25, -0.2) is 9.29 Å². The van der Waals surface area contributed by atoms with Gasteiger partial charge in [0.05, 0.1) is 28.6 Å². The molecule has 2 aliphatic heterocycles. The highest BCUT2D eigenvalue weighted by Gasteiger charge is 2.74. The van der Waals surface area contributed by atoms with Crippen molar-refractivity contribution < 1.29 is 28.3 Å². The number of ketones is 2. The Morgan fingerprint density at radius 2 is 1.46 bits per heavy atom. The quantitative estimate of drug-likeness (QED) is 0.365. The number of ether oxygens (including phenoxy) is 1. The number of fused-ring (bicyclic) bond motifs is 3. The first-order chi connectivity index (χ1) is 16.8. The number of anilines is 1. The Hall–Kier alpha value is -3.39. The van der Waals surface area contributed by atoms with Crippen LogP contribution in [0.5, 0.6) is 0 Å². The van der Waals surface area contributed by atoms with E-state index in [1.165, 1.54) is 18.2 Å². The van der Waals surface area contributed by atoms with Crippen molar-refractivity contribution in [3.8, 4) is 0 Å². The van der Waals surface area contributed by atoms with E-state index in [1.54, 1.807) is 36.4 Å². The highest BCUT2D eigenvalue weighted by molar-refractivity contribution is 6.37. The number of imide groups is 1. The maximum atomic E-state index is 13.8. The largest absolute Gasteiger partial charge is 0.349 e. The average Bonchev–Trinajstić information content (AvgIpc) is 3.41. The zero-order valence-corrected chi connectivity index (χ0v) is 19.2. The van der Waals surface area contributed by atoms with Gasteiger partial charge in [0, 0.05) is 16.1 Å². The number of hydrogen-bond acceptors (Lipinski definition) is 5. The second-order valence-corrected chi connectivity index (χ2v) is 9.49. The molecule has 0 N–H and O–H groups in total. The molecule has 1 aliphatic carbocycles. The summed E-state index contributed by atoms with van der Waals surface area (Å²) in [7, 11) is 0. The molecule has 2 amide bonds. The van der Waals surface area contributed by atoms with Gasteiger partial charge in [0.15, 0.2) is 0 Å². The summed E-state index contributed by atoms with van der Waals surface area (Å²) in [6.07, 6.45) is -1.07. The van der Waals surface area contributed by atoms with E-state index in [0.717, 1.165) is 17.0 Å². The molecule has 9 heteroatoms. The lowest BCUT2D eigenvalue weighted by molar-refractivity contribution is -0.127. The molecule has 1 spiro atoms. The summed E-state index contributed by atoms with van der Waals surface area (Å²) in [6, 6.07) is 16.1. The van der Waals surface area contributed by atoms with E-state index in [2.05, 4.69) is 0 Å². The topological polar surface area (TPSA) is 80.8 Å². The SMILES string of the molecule is O=C1[C@@H]2[C@H](c3ccc(Cl)cc3)OC3(C(=O)c4ccccc4C3=O)[C@H]2C(=O)N1c1ccc(F)c(Cl)c1. The lowest BCUT2D eigenvalue weighted by Gasteiger charge is -2.27. The van der Waals surface area contributed by atoms with Gasteiger partial charge in [-0.15, -0.1) is 0 Å². The minimum absolute atomic E-state index is 0.0428. The summed E-state index contributed by atoms with van der Waals surface area (Å²) >= 11 is 11.9. The molecular weight excluding hydrogens is 496 g/mol. The van der Waals surface area contributed by atoms with Crippen molar-refractivity contribution in [2.75, 3.05) is 4.90 Å². The van der Waals surface area contributed by atoms with Crippen molar-refractivity contribution in [2.45, 2.75) is 11.7 Å². The predicted octanol–water partition coefficient (Wildman–Crippen LogP) is 4.83. The molecule has 3 aromatic rings. The lowest BCUT2D eigenvalue weighted by atomic mass is 9.77. The van der Waals surface area contributed by atoms with E-state index in [4.69, 9.17) is 27.9 Å². The summed E-state index contributed by atoms with van der Waals surface area (Å²) in [5, 5.41) is 0.163. The Kier molecular flexibility index (Phi) is 4.77. The van der Waals surface area contributed by atoms with Gasteiger partial charge in [0.1, 0.15) is 5.82 Å². The summed E-state index contributed by atoms with van der Waals surface area (Å²) in [4.78, 5) is 55.7. The lowest BCUT2D eigenvalue weighted by Crippen LogP contribution is -2.51. The number of hydrogen-bond donors (Lipinski definition) is 0. The van der Waals surface area contributed by atoms with Crippen LogP contribution in [0.2, 0.25) is 10.0 Å². The van der Waals surface area contributed by atoms with E-state index in [1.807, 2.05) is 0 Å². The molecule has 2 heterocycles. The Bertz CT molecular complexity index is 1440. The van der Waals surface area contributed by atoms with Crippen molar-refractivity contribution >= 4 is 52.3 Å². The zero-order chi connectivity index (χ0) is 24.6. The van der Waals surface area contributed by atoms with Crippen LogP contribution in [0.15, 0.2) is 66.7 Å². The monoisotopic (exact) mass is 509 g/mol. The molecular formula is C26H14Cl2FNO5. The molecule has 174 valence electrons. The molecule has 0 aromatic heterocycles. The standard InChI is InChI=1S/C26H14Cl2FNO5/c27-13-7-5-12(6-8-13)21-19-20(25(34)30(24(19)33)14-9-10-18(29)17(28)11-14)26(35-21)22(31)15-3-1-2-4-16(15)23(26)32/h1-11,19-21H/t19-,20+,21-/m0/s1. The number of rotatable bonds is 2. The van der Waals surface area contributed by atoms with Crippen molar-refractivity contribution in [3.05, 3.63) is 99.3 Å². The average molecular weight is 510 g/mol. The van der Waals surface area contributed by atoms with E-state index in [0.29, 0.717) is 10.6 Å². The molecule has 6 nitrogen and oxygen atoms in total.